The maximum atomic E-state index is 13.3. The maximum absolute atomic E-state index is 13.3. The van der Waals surface area contributed by atoms with E-state index in [4.69, 9.17) is 0 Å². The van der Waals surface area contributed by atoms with Gasteiger partial charge < -0.3 is 5.32 Å². The van der Waals surface area contributed by atoms with E-state index >= 15 is 0 Å². The monoisotopic (exact) mass is 369 g/mol. The van der Waals surface area contributed by atoms with E-state index in [0.717, 1.165) is 14.6 Å². The lowest BCUT2D eigenvalue weighted by Gasteiger charge is -2.11. The summed E-state index contributed by atoms with van der Waals surface area (Å²) in [7, 11) is 1.96. The molecule has 0 bridgehead atoms. The average Bonchev–Trinajstić information content (AvgIpc) is 2.95. The summed E-state index contributed by atoms with van der Waals surface area (Å²) in [4.78, 5) is 3.75. The first kappa shape index (κ1) is 14.2. The standard InChI is InChI=1S/C15H13BrFNS2/c1-8-11(16)7-14(19-8)15(18-2)13-5-9-3-4-10(17)6-12(9)20-13/h3-7,15,18H,1-2H3. The Balaban J connectivity index is 2.06. The second-order valence-electron chi connectivity index (χ2n) is 4.61. The number of nitrogens with one attached hydrogen (secondary N) is 1. The third kappa shape index (κ3) is 2.55. The fourth-order valence-corrected chi connectivity index (χ4v) is 5.20. The molecule has 3 aromatic rings. The molecule has 0 aliphatic carbocycles. The van der Waals surface area contributed by atoms with Crippen molar-refractivity contribution in [2.75, 3.05) is 7.05 Å². The molecule has 0 fully saturated rings. The fourth-order valence-electron chi connectivity index (χ4n) is 2.22. The summed E-state index contributed by atoms with van der Waals surface area (Å²) in [6.45, 7) is 2.10. The minimum atomic E-state index is -0.179. The Morgan fingerprint density at radius 2 is 1.90 bits per heavy atom. The van der Waals surface area contributed by atoms with Gasteiger partial charge in [-0.2, -0.15) is 0 Å². The van der Waals surface area contributed by atoms with Crippen LogP contribution in [0.1, 0.15) is 20.7 Å². The van der Waals surface area contributed by atoms with E-state index < -0.39 is 0 Å². The lowest BCUT2D eigenvalue weighted by Crippen LogP contribution is -2.14. The van der Waals surface area contributed by atoms with Crippen LogP contribution < -0.4 is 5.32 Å². The van der Waals surface area contributed by atoms with Gasteiger partial charge >= 0.3 is 0 Å². The molecule has 1 unspecified atom stereocenters. The first-order valence-corrected chi connectivity index (χ1v) is 8.63. The molecule has 104 valence electrons. The first-order valence-electron chi connectivity index (χ1n) is 6.20. The zero-order chi connectivity index (χ0) is 14.3. The number of benzene rings is 1. The number of thiophene rings is 2. The molecule has 1 N–H and O–H groups in total. The van der Waals surface area contributed by atoms with Crippen LogP contribution in [0.15, 0.2) is 34.8 Å². The van der Waals surface area contributed by atoms with Crippen molar-refractivity contribution in [2.24, 2.45) is 0 Å². The fraction of sp³-hybridized carbons (Fsp3) is 0.200. The van der Waals surface area contributed by atoms with E-state index in [1.54, 1.807) is 28.7 Å². The van der Waals surface area contributed by atoms with E-state index in [0.29, 0.717) is 0 Å². The molecule has 1 aromatic carbocycles. The van der Waals surface area contributed by atoms with E-state index in [1.807, 2.05) is 13.1 Å². The van der Waals surface area contributed by atoms with Gasteiger partial charge in [-0.15, -0.1) is 22.7 Å². The molecular formula is C15H13BrFNS2. The van der Waals surface area contributed by atoms with Crippen LogP contribution in [-0.4, -0.2) is 7.05 Å². The second-order valence-corrected chi connectivity index (χ2v) is 7.86. The van der Waals surface area contributed by atoms with Crippen LogP contribution in [0.4, 0.5) is 4.39 Å². The van der Waals surface area contributed by atoms with Crippen molar-refractivity contribution in [1.29, 1.82) is 0 Å². The van der Waals surface area contributed by atoms with Gasteiger partial charge in [-0.05, 0) is 59.6 Å². The normalized spacial score (nSPS) is 13.0. The van der Waals surface area contributed by atoms with Crippen LogP contribution in [0.5, 0.6) is 0 Å². The van der Waals surface area contributed by atoms with Crippen molar-refractivity contribution in [3.63, 3.8) is 0 Å². The second kappa shape index (κ2) is 5.56. The molecular weight excluding hydrogens is 357 g/mol. The molecule has 3 rings (SSSR count). The Morgan fingerprint density at radius 3 is 2.55 bits per heavy atom. The number of aryl methyl sites for hydroxylation is 1. The summed E-state index contributed by atoms with van der Waals surface area (Å²) < 4.78 is 15.4. The number of hydrogen-bond acceptors (Lipinski definition) is 3. The molecule has 2 heterocycles. The number of halogens is 2. The molecule has 0 radical (unpaired) electrons. The number of hydrogen-bond donors (Lipinski definition) is 1. The van der Waals surface area contributed by atoms with Crippen LogP contribution in [-0.2, 0) is 0 Å². The van der Waals surface area contributed by atoms with E-state index in [-0.39, 0.29) is 11.9 Å². The van der Waals surface area contributed by atoms with Crippen molar-refractivity contribution >= 4 is 48.7 Å². The van der Waals surface area contributed by atoms with Crippen LogP contribution in [0.2, 0.25) is 0 Å². The topological polar surface area (TPSA) is 12.0 Å². The van der Waals surface area contributed by atoms with Crippen molar-refractivity contribution in [2.45, 2.75) is 13.0 Å². The highest BCUT2D eigenvalue weighted by atomic mass is 79.9. The predicted octanol–water partition coefficient (Wildman–Crippen LogP) is 5.48. The van der Waals surface area contributed by atoms with Crippen molar-refractivity contribution in [3.05, 3.63) is 55.3 Å². The Labute approximate surface area is 133 Å². The molecule has 0 aliphatic heterocycles. The first-order chi connectivity index (χ1) is 9.58. The Hall–Kier alpha value is -0.750. The summed E-state index contributed by atoms with van der Waals surface area (Å²) in [6.07, 6.45) is 0. The van der Waals surface area contributed by atoms with Crippen LogP contribution in [0.25, 0.3) is 10.1 Å². The molecule has 2 aromatic heterocycles. The predicted molar refractivity (Wildman–Crippen MR) is 89.4 cm³/mol. The molecule has 0 aliphatic rings. The van der Waals surface area contributed by atoms with Crippen LogP contribution in [0.3, 0.4) is 0 Å². The third-order valence-electron chi connectivity index (χ3n) is 3.24. The zero-order valence-electron chi connectivity index (χ0n) is 11.0. The lowest BCUT2D eigenvalue weighted by atomic mass is 10.1. The van der Waals surface area contributed by atoms with Crippen molar-refractivity contribution in [1.82, 2.24) is 5.32 Å². The van der Waals surface area contributed by atoms with Gasteiger partial charge in [0.15, 0.2) is 0 Å². The summed E-state index contributed by atoms with van der Waals surface area (Å²) >= 11 is 6.99. The van der Waals surface area contributed by atoms with Crippen molar-refractivity contribution in [3.8, 4) is 0 Å². The summed E-state index contributed by atoms with van der Waals surface area (Å²) in [5, 5.41) is 4.45. The highest BCUT2D eigenvalue weighted by Gasteiger charge is 2.18. The lowest BCUT2D eigenvalue weighted by molar-refractivity contribution is 0.630. The summed E-state index contributed by atoms with van der Waals surface area (Å²) in [5.41, 5.74) is 0. The van der Waals surface area contributed by atoms with Gasteiger partial charge in [0, 0.05) is 23.8 Å². The molecule has 1 atom stereocenters. The Morgan fingerprint density at radius 1 is 1.15 bits per heavy atom. The van der Waals surface area contributed by atoms with E-state index in [1.165, 1.54) is 20.7 Å². The molecule has 0 saturated carbocycles. The average molecular weight is 370 g/mol. The van der Waals surface area contributed by atoms with Gasteiger partial charge in [0.05, 0.1) is 6.04 Å². The van der Waals surface area contributed by atoms with E-state index in [9.17, 15) is 4.39 Å². The molecule has 0 spiro atoms. The van der Waals surface area contributed by atoms with E-state index in [2.05, 4.69) is 40.3 Å². The number of fused-ring (bicyclic) bond motifs is 1. The minimum absolute atomic E-state index is 0.158. The zero-order valence-corrected chi connectivity index (χ0v) is 14.3. The van der Waals surface area contributed by atoms with Gasteiger partial charge in [0.2, 0.25) is 0 Å². The smallest absolute Gasteiger partial charge is 0.124 e. The molecule has 0 saturated heterocycles. The largest absolute Gasteiger partial charge is 0.308 e. The van der Waals surface area contributed by atoms with Gasteiger partial charge in [0.1, 0.15) is 5.82 Å². The summed E-state index contributed by atoms with van der Waals surface area (Å²) in [5.74, 6) is -0.179. The number of rotatable bonds is 3. The Kier molecular flexibility index (Phi) is 3.95. The van der Waals surface area contributed by atoms with Crippen molar-refractivity contribution < 1.29 is 4.39 Å². The highest BCUT2D eigenvalue weighted by molar-refractivity contribution is 9.10. The third-order valence-corrected chi connectivity index (χ3v) is 6.60. The maximum Gasteiger partial charge on any atom is 0.124 e. The Bertz CT molecular complexity index is 743. The van der Waals surface area contributed by atoms with Gasteiger partial charge in [0.25, 0.3) is 0 Å². The van der Waals surface area contributed by atoms with Gasteiger partial charge in [-0.3, -0.25) is 0 Å². The molecule has 20 heavy (non-hydrogen) atoms. The SMILES string of the molecule is CNC(c1cc(Br)c(C)s1)c1cc2ccc(F)cc2s1. The minimum Gasteiger partial charge on any atom is -0.308 e. The molecule has 1 nitrogen and oxygen atoms in total. The summed E-state index contributed by atoms with van der Waals surface area (Å²) in [6, 6.07) is 9.42. The van der Waals surface area contributed by atoms with Crippen LogP contribution in [0, 0.1) is 12.7 Å². The molecule has 0 amide bonds. The van der Waals surface area contributed by atoms with Gasteiger partial charge in [-0.1, -0.05) is 6.07 Å². The van der Waals surface area contributed by atoms with Crippen LogP contribution >= 0.6 is 38.6 Å². The highest BCUT2D eigenvalue weighted by Crippen LogP contribution is 2.38. The molecule has 5 heteroatoms. The van der Waals surface area contributed by atoms with Gasteiger partial charge in [-0.25, -0.2) is 4.39 Å². The quantitative estimate of drug-likeness (QED) is 0.644.